The smallest absolute Gasteiger partial charge is 0.279 e. The largest absolute Gasteiger partial charge is 0.316 e. The molecule has 0 saturated carbocycles. The third-order valence-corrected chi connectivity index (χ3v) is 5.15. The van der Waals surface area contributed by atoms with E-state index in [0.717, 1.165) is 31.6 Å². The Hall–Kier alpha value is -1.72. The molecule has 3 nitrogen and oxygen atoms in total. The molecule has 0 spiro atoms. The van der Waals surface area contributed by atoms with Crippen molar-refractivity contribution >= 4 is 43.4 Å². The monoisotopic (exact) mass is 374 g/mol. The van der Waals surface area contributed by atoms with Crippen molar-refractivity contribution in [2.24, 2.45) is 4.99 Å². The van der Waals surface area contributed by atoms with Gasteiger partial charge in [-0.25, -0.2) is 0 Å². The minimum Gasteiger partial charge on any atom is -0.316 e. The summed E-state index contributed by atoms with van der Waals surface area (Å²) < 4.78 is 4.20. The van der Waals surface area contributed by atoms with Crippen molar-refractivity contribution in [3.8, 4) is 0 Å². The average Bonchev–Trinajstić information content (AvgIpc) is 2.86. The molecule has 1 heterocycles. The van der Waals surface area contributed by atoms with Crippen molar-refractivity contribution in [1.29, 1.82) is 0 Å². The number of hydrogen-bond donors (Lipinski definition) is 0. The highest BCUT2D eigenvalue weighted by Crippen LogP contribution is 2.25. The first kappa shape index (κ1) is 15.2. The summed E-state index contributed by atoms with van der Waals surface area (Å²) in [4.78, 5) is 17.4. The lowest BCUT2D eigenvalue weighted by molar-refractivity contribution is 0.0998. The molecule has 3 aromatic rings. The summed E-state index contributed by atoms with van der Waals surface area (Å²) >= 11 is 5.11. The van der Waals surface area contributed by atoms with Crippen LogP contribution in [0.4, 0.5) is 0 Å². The number of fused-ring (bicyclic) bond motifs is 1. The second kappa shape index (κ2) is 6.18. The van der Waals surface area contributed by atoms with Crippen LogP contribution in [0.5, 0.6) is 0 Å². The Balaban J connectivity index is 2.15. The Morgan fingerprint density at radius 3 is 2.64 bits per heavy atom. The van der Waals surface area contributed by atoms with Gasteiger partial charge in [0.1, 0.15) is 0 Å². The zero-order valence-electron chi connectivity index (χ0n) is 12.3. The molecule has 0 aliphatic heterocycles. The predicted octanol–water partition coefficient (Wildman–Crippen LogP) is 4.53. The first-order valence-electron chi connectivity index (χ1n) is 7.03. The molecule has 0 aliphatic carbocycles. The first-order valence-corrected chi connectivity index (χ1v) is 8.64. The number of benzene rings is 2. The molecule has 0 saturated heterocycles. The van der Waals surface area contributed by atoms with E-state index in [-0.39, 0.29) is 5.91 Å². The number of hydrogen-bond acceptors (Lipinski definition) is 2. The van der Waals surface area contributed by atoms with Crippen LogP contribution in [0.15, 0.2) is 51.9 Å². The van der Waals surface area contributed by atoms with E-state index in [1.165, 1.54) is 11.3 Å². The number of amides is 1. The maximum atomic E-state index is 12.4. The number of aromatic nitrogens is 1. The van der Waals surface area contributed by atoms with Crippen LogP contribution in [0.1, 0.15) is 22.8 Å². The summed E-state index contributed by atoms with van der Waals surface area (Å²) in [5, 5.41) is 0. The number of thiazole rings is 1. The minimum absolute atomic E-state index is 0.204. The van der Waals surface area contributed by atoms with Crippen LogP contribution in [-0.4, -0.2) is 10.5 Å². The lowest BCUT2D eigenvalue weighted by Gasteiger charge is -2.02. The van der Waals surface area contributed by atoms with Gasteiger partial charge < -0.3 is 4.57 Å². The molecule has 2 aromatic carbocycles. The summed E-state index contributed by atoms with van der Waals surface area (Å²) in [6.07, 6.45) is 0. The van der Waals surface area contributed by atoms with Crippen LogP contribution in [0.2, 0.25) is 0 Å². The molecule has 3 rings (SSSR count). The van der Waals surface area contributed by atoms with Gasteiger partial charge in [-0.05, 0) is 54.0 Å². The van der Waals surface area contributed by atoms with E-state index in [1.807, 2.05) is 49.4 Å². The molecular weight excluding hydrogens is 360 g/mol. The summed E-state index contributed by atoms with van der Waals surface area (Å²) in [5.74, 6) is -0.204. The third-order valence-electron chi connectivity index (χ3n) is 3.46. The minimum atomic E-state index is -0.204. The summed E-state index contributed by atoms with van der Waals surface area (Å²) in [5.41, 5.74) is 2.83. The van der Waals surface area contributed by atoms with E-state index in [9.17, 15) is 4.79 Å². The lowest BCUT2D eigenvalue weighted by Crippen LogP contribution is -2.16. The maximum Gasteiger partial charge on any atom is 0.279 e. The zero-order valence-corrected chi connectivity index (χ0v) is 14.7. The highest BCUT2D eigenvalue weighted by atomic mass is 79.9. The molecule has 5 heteroatoms. The highest BCUT2D eigenvalue weighted by molar-refractivity contribution is 9.10. The van der Waals surface area contributed by atoms with Crippen LogP contribution < -0.4 is 4.80 Å². The van der Waals surface area contributed by atoms with Gasteiger partial charge in [0.15, 0.2) is 4.80 Å². The molecule has 0 atom stereocenters. The average molecular weight is 375 g/mol. The fourth-order valence-corrected chi connectivity index (χ4v) is 4.14. The Labute approximate surface area is 141 Å². The van der Waals surface area contributed by atoms with E-state index in [1.54, 1.807) is 0 Å². The second-order valence-corrected chi connectivity index (χ2v) is 6.86. The molecule has 1 aromatic heterocycles. The standard InChI is InChI=1S/C17H15BrN2OS/c1-3-20-15-13(18)5-4-6-14(15)22-17(20)19-16(21)12-9-7-11(2)8-10-12/h4-10H,3H2,1-2H3. The van der Waals surface area contributed by atoms with E-state index in [2.05, 4.69) is 32.4 Å². The van der Waals surface area contributed by atoms with Gasteiger partial charge in [-0.15, -0.1) is 0 Å². The van der Waals surface area contributed by atoms with Crippen LogP contribution >= 0.6 is 27.3 Å². The number of halogens is 1. The van der Waals surface area contributed by atoms with Gasteiger partial charge in [-0.3, -0.25) is 4.79 Å². The fourth-order valence-electron chi connectivity index (χ4n) is 2.31. The number of nitrogens with zero attached hydrogens (tertiary/aromatic N) is 2. The SMILES string of the molecule is CCn1c(=NC(=O)c2ccc(C)cc2)sc2cccc(Br)c21. The molecular formula is C17H15BrN2OS. The number of rotatable bonds is 2. The van der Waals surface area contributed by atoms with Gasteiger partial charge in [-0.1, -0.05) is 35.1 Å². The van der Waals surface area contributed by atoms with Crippen LogP contribution in [0, 0.1) is 6.92 Å². The number of carbonyl (C=O) groups excluding carboxylic acids is 1. The molecule has 0 aliphatic rings. The van der Waals surface area contributed by atoms with Crippen molar-refractivity contribution in [3.63, 3.8) is 0 Å². The Kier molecular flexibility index (Phi) is 4.27. The molecule has 0 fully saturated rings. The Morgan fingerprint density at radius 2 is 1.95 bits per heavy atom. The van der Waals surface area contributed by atoms with Gasteiger partial charge in [0.25, 0.3) is 5.91 Å². The maximum absolute atomic E-state index is 12.4. The lowest BCUT2D eigenvalue weighted by atomic mass is 10.1. The van der Waals surface area contributed by atoms with Crippen molar-refractivity contribution in [1.82, 2.24) is 4.57 Å². The molecule has 22 heavy (non-hydrogen) atoms. The quantitative estimate of drug-likeness (QED) is 0.648. The molecule has 1 amide bonds. The van der Waals surface area contributed by atoms with E-state index < -0.39 is 0 Å². The number of carbonyl (C=O) groups is 1. The van der Waals surface area contributed by atoms with Crippen LogP contribution in [0.3, 0.4) is 0 Å². The van der Waals surface area contributed by atoms with E-state index >= 15 is 0 Å². The number of para-hydroxylation sites is 1. The van der Waals surface area contributed by atoms with Crippen LogP contribution in [-0.2, 0) is 6.54 Å². The summed E-state index contributed by atoms with van der Waals surface area (Å²) in [6, 6.07) is 13.5. The Bertz CT molecular complexity index is 907. The third kappa shape index (κ3) is 2.78. The van der Waals surface area contributed by atoms with Crippen molar-refractivity contribution < 1.29 is 4.79 Å². The van der Waals surface area contributed by atoms with Gasteiger partial charge in [-0.2, -0.15) is 4.99 Å². The van der Waals surface area contributed by atoms with Gasteiger partial charge in [0, 0.05) is 16.6 Å². The topological polar surface area (TPSA) is 34.4 Å². The summed E-state index contributed by atoms with van der Waals surface area (Å²) in [6.45, 7) is 4.82. The van der Waals surface area contributed by atoms with Crippen molar-refractivity contribution in [2.45, 2.75) is 20.4 Å². The normalized spacial score (nSPS) is 12.0. The second-order valence-electron chi connectivity index (χ2n) is 5.00. The van der Waals surface area contributed by atoms with Gasteiger partial charge >= 0.3 is 0 Å². The molecule has 112 valence electrons. The Morgan fingerprint density at radius 1 is 1.23 bits per heavy atom. The summed E-state index contributed by atoms with van der Waals surface area (Å²) in [7, 11) is 0. The van der Waals surface area contributed by atoms with Gasteiger partial charge in [0.2, 0.25) is 0 Å². The molecule has 0 unspecified atom stereocenters. The number of aryl methyl sites for hydroxylation is 2. The fraction of sp³-hybridized carbons (Fsp3) is 0.176. The van der Waals surface area contributed by atoms with Crippen molar-refractivity contribution in [3.05, 3.63) is 62.9 Å². The zero-order chi connectivity index (χ0) is 15.7. The van der Waals surface area contributed by atoms with Gasteiger partial charge in [0.05, 0.1) is 10.2 Å². The van der Waals surface area contributed by atoms with E-state index in [0.29, 0.717) is 5.56 Å². The molecule has 0 N–H and O–H groups in total. The molecule has 0 radical (unpaired) electrons. The first-order chi connectivity index (χ1) is 10.6. The van der Waals surface area contributed by atoms with E-state index in [4.69, 9.17) is 0 Å². The van der Waals surface area contributed by atoms with Crippen molar-refractivity contribution in [2.75, 3.05) is 0 Å². The van der Waals surface area contributed by atoms with Crippen LogP contribution in [0.25, 0.3) is 10.2 Å². The molecule has 0 bridgehead atoms. The highest BCUT2D eigenvalue weighted by Gasteiger charge is 2.10. The predicted molar refractivity (Wildman–Crippen MR) is 94.3 cm³/mol.